The van der Waals surface area contributed by atoms with Crippen molar-refractivity contribution in [1.82, 2.24) is 15.0 Å². The van der Waals surface area contributed by atoms with Crippen molar-refractivity contribution in [2.24, 2.45) is 0 Å². The van der Waals surface area contributed by atoms with Crippen molar-refractivity contribution >= 4 is 15.9 Å². The van der Waals surface area contributed by atoms with Crippen LogP contribution in [0, 0.1) is 0 Å². The molecule has 1 heterocycles. The van der Waals surface area contributed by atoms with Crippen molar-refractivity contribution in [1.29, 1.82) is 0 Å². The second-order valence-electron chi connectivity index (χ2n) is 3.45. The zero-order chi connectivity index (χ0) is 12.9. The SMILES string of the molecule is CCC(Br)c1cn(CCOCC(F)(F)F)nn1. The van der Waals surface area contributed by atoms with Crippen LogP contribution in [0.3, 0.4) is 0 Å². The number of alkyl halides is 4. The maximum atomic E-state index is 11.8. The van der Waals surface area contributed by atoms with Crippen LogP contribution in [-0.2, 0) is 11.3 Å². The maximum absolute atomic E-state index is 11.8. The highest BCUT2D eigenvalue weighted by molar-refractivity contribution is 9.09. The molecule has 0 aromatic carbocycles. The molecule has 0 N–H and O–H groups in total. The summed E-state index contributed by atoms with van der Waals surface area (Å²) in [4.78, 5) is 0.118. The molecule has 1 atom stereocenters. The topological polar surface area (TPSA) is 39.9 Å². The molecule has 0 fully saturated rings. The second kappa shape index (κ2) is 6.34. The number of halogens is 4. The molecule has 1 rings (SSSR count). The van der Waals surface area contributed by atoms with Crippen LogP contribution < -0.4 is 0 Å². The Labute approximate surface area is 105 Å². The fourth-order valence-corrected chi connectivity index (χ4v) is 1.33. The van der Waals surface area contributed by atoms with Gasteiger partial charge in [0.2, 0.25) is 0 Å². The minimum absolute atomic E-state index is 0.0403. The van der Waals surface area contributed by atoms with Gasteiger partial charge in [-0.25, -0.2) is 4.68 Å². The van der Waals surface area contributed by atoms with Crippen molar-refractivity contribution in [2.45, 2.75) is 30.9 Å². The normalized spacial score (nSPS) is 13.9. The molecule has 8 heteroatoms. The van der Waals surface area contributed by atoms with Gasteiger partial charge >= 0.3 is 6.18 Å². The summed E-state index contributed by atoms with van der Waals surface area (Å²) >= 11 is 3.41. The highest BCUT2D eigenvalue weighted by atomic mass is 79.9. The van der Waals surface area contributed by atoms with Crippen molar-refractivity contribution in [3.63, 3.8) is 0 Å². The Bertz CT molecular complexity index is 342. The molecular weight excluding hydrogens is 303 g/mol. The Kier molecular flexibility index (Phi) is 5.38. The zero-order valence-electron chi connectivity index (χ0n) is 9.24. The van der Waals surface area contributed by atoms with Gasteiger partial charge in [-0.3, -0.25) is 0 Å². The first-order valence-electron chi connectivity index (χ1n) is 5.11. The van der Waals surface area contributed by atoms with Crippen LogP contribution in [0.15, 0.2) is 6.20 Å². The van der Waals surface area contributed by atoms with Crippen molar-refractivity contribution < 1.29 is 17.9 Å². The number of hydrogen-bond donors (Lipinski definition) is 0. The fourth-order valence-electron chi connectivity index (χ4n) is 1.12. The molecule has 0 radical (unpaired) electrons. The van der Waals surface area contributed by atoms with Crippen LogP contribution in [-0.4, -0.2) is 34.4 Å². The summed E-state index contributed by atoms with van der Waals surface area (Å²) in [6.45, 7) is 0.976. The molecular formula is C9H13BrF3N3O. The van der Waals surface area contributed by atoms with Gasteiger partial charge in [0, 0.05) is 6.20 Å². The van der Waals surface area contributed by atoms with Crippen LogP contribution in [0.5, 0.6) is 0 Å². The predicted octanol–water partition coefficient (Wildman–Crippen LogP) is 2.70. The molecule has 4 nitrogen and oxygen atoms in total. The van der Waals surface area contributed by atoms with E-state index in [9.17, 15) is 13.2 Å². The van der Waals surface area contributed by atoms with Gasteiger partial charge in [-0.2, -0.15) is 13.2 Å². The lowest BCUT2D eigenvalue weighted by molar-refractivity contribution is -0.174. The lowest BCUT2D eigenvalue weighted by atomic mass is 10.3. The molecule has 0 saturated carbocycles. The van der Waals surface area contributed by atoms with E-state index in [1.165, 1.54) is 4.68 Å². The molecule has 1 aromatic heterocycles. The van der Waals surface area contributed by atoms with Gasteiger partial charge in [-0.1, -0.05) is 28.1 Å². The first-order valence-corrected chi connectivity index (χ1v) is 6.02. The van der Waals surface area contributed by atoms with Crippen LogP contribution in [0.4, 0.5) is 13.2 Å². The van der Waals surface area contributed by atoms with Crippen LogP contribution in [0.25, 0.3) is 0 Å². The van der Waals surface area contributed by atoms with E-state index in [1.54, 1.807) is 6.20 Å². The summed E-state index contributed by atoms with van der Waals surface area (Å²) < 4.78 is 41.3. The van der Waals surface area contributed by atoms with E-state index in [-0.39, 0.29) is 18.0 Å². The van der Waals surface area contributed by atoms with Crippen molar-refractivity contribution in [2.75, 3.05) is 13.2 Å². The van der Waals surface area contributed by atoms with Crippen LogP contribution in [0.1, 0.15) is 23.9 Å². The third kappa shape index (κ3) is 5.49. The molecule has 17 heavy (non-hydrogen) atoms. The lowest BCUT2D eigenvalue weighted by Gasteiger charge is -2.06. The van der Waals surface area contributed by atoms with Gasteiger partial charge < -0.3 is 4.74 Å². The standard InChI is InChI=1S/C9H13BrF3N3O/c1-2-7(10)8-5-16(15-14-8)3-4-17-6-9(11,12)13/h5,7H,2-4,6H2,1H3. The monoisotopic (exact) mass is 315 g/mol. The highest BCUT2D eigenvalue weighted by Gasteiger charge is 2.27. The zero-order valence-corrected chi connectivity index (χ0v) is 10.8. The Morgan fingerprint density at radius 1 is 1.53 bits per heavy atom. The average molecular weight is 316 g/mol. The van der Waals surface area contributed by atoms with Gasteiger partial charge in [-0.05, 0) is 6.42 Å². The van der Waals surface area contributed by atoms with Crippen molar-refractivity contribution in [3.8, 4) is 0 Å². The number of hydrogen-bond acceptors (Lipinski definition) is 3. The fraction of sp³-hybridized carbons (Fsp3) is 0.778. The summed E-state index contributed by atoms with van der Waals surface area (Å²) in [5.74, 6) is 0. The summed E-state index contributed by atoms with van der Waals surface area (Å²) in [6.07, 6.45) is -1.72. The van der Waals surface area contributed by atoms with E-state index >= 15 is 0 Å². The minimum Gasteiger partial charge on any atom is -0.370 e. The van der Waals surface area contributed by atoms with E-state index in [2.05, 4.69) is 31.0 Å². The molecule has 98 valence electrons. The minimum atomic E-state index is -4.28. The third-order valence-corrected chi connectivity index (χ3v) is 3.08. The Balaban J connectivity index is 2.30. The predicted molar refractivity (Wildman–Crippen MR) is 58.9 cm³/mol. The smallest absolute Gasteiger partial charge is 0.370 e. The van der Waals surface area contributed by atoms with Gasteiger partial charge in [0.25, 0.3) is 0 Å². The van der Waals surface area contributed by atoms with Crippen LogP contribution in [0.2, 0.25) is 0 Å². The van der Waals surface area contributed by atoms with Gasteiger partial charge in [0.05, 0.1) is 23.7 Å². The van der Waals surface area contributed by atoms with Crippen LogP contribution >= 0.6 is 15.9 Å². The molecule has 0 aliphatic carbocycles. The summed E-state index contributed by atoms with van der Waals surface area (Å²) in [6, 6.07) is 0. The Morgan fingerprint density at radius 3 is 2.82 bits per heavy atom. The molecule has 0 spiro atoms. The van der Waals surface area contributed by atoms with E-state index in [0.29, 0.717) is 0 Å². The first-order chi connectivity index (χ1) is 7.92. The molecule has 1 unspecified atom stereocenters. The van der Waals surface area contributed by atoms with E-state index < -0.39 is 12.8 Å². The molecule has 0 saturated heterocycles. The largest absolute Gasteiger partial charge is 0.411 e. The Morgan fingerprint density at radius 2 is 2.24 bits per heavy atom. The second-order valence-corrected chi connectivity index (χ2v) is 4.56. The third-order valence-electron chi connectivity index (χ3n) is 1.97. The number of aromatic nitrogens is 3. The molecule has 1 aromatic rings. The van der Waals surface area contributed by atoms with E-state index in [1.807, 2.05) is 6.92 Å². The average Bonchev–Trinajstić information content (AvgIpc) is 2.70. The Hall–Kier alpha value is -0.630. The molecule has 0 aliphatic heterocycles. The molecule has 0 amide bonds. The lowest BCUT2D eigenvalue weighted by Crippen LogP contribution is -2.19. The van der Waals surface area contributed by atoms with Gasteiger partial charge in [-0.15, -0.1) is 5.10 Å². The molecule has 0 aliphatic rings. The van der Waals surface area contributed by atoms with E-state index in [0.717, 1.165) is 12.1 Å². The quantitative estimate of drug-likeness (QED) is 0.598. The maximum Gasteiger partial charge on any atom is 0.411 e. The summed E-state index contributed by atoms with van der Waals surface area (Å²) in [7, 11) is 0. The number of nitrogens with zero attached hydrogens (tertiary/aromatic N) is 3. The number of rotatable bonds is 6. The summed E-state index contributed by atoms with van der Waals surface area (Å²) in [5, 5.41) is 7.70. The van der Waals surface area contributed by atoms with Crippen molar-refractivity contribution in [3.05, 3.63) is 11.9 Å². The number of ether oxygens (including phenoxy) is 1. The molecule has 0 bridgehead atoms. The summed E-state index contributed by atoms with van der Waals surface area (Å²) in [5.41, 5.74) is 0.767. The first kappa shape index (κ1) is 14.4. The van der Waals surface area contributed by atoms with E-state index in [4.69, 9.17) is 0 Å². The van der Waals surface area contributed by atoms with Gasteiger partial charge in [0.1, 0.15) is 6.61 Å². The highest BCUT2D eigenvalue weighted by Crippen LogP contribution is 2.23. The van der Waals surface area contributed by atoms with Gasteiger partial charge in [0.15, 0.2) is 0 Å².